The molecule has 7 heteroatoms. The highest BCUT2D eigenvalue weighted by Crippen LogP contribution is 2.27. The molecule has 4 aromatic rings. The fraction of sp³-hybridized carbons (Fsp3) is 0.0833. The molecule has 0 unspecified atom stereocenters. The Morgan fingerprint density at radius 3 is 2.42 bits per heavy atom. The van der Waals surface area contributed by atoms with E-state index in [0.717, 1.165) is 16.6 Å². The fourth-order valence-electron chi connectivity index (χ4n) is 3.36. The molecule has 0 bridgehead atoms. The second kappa shape index (κ2) is 8.93. The standard InChI is InChI=1S/C24H18ClN3O3/c25-23-15-22(26-13-12-16-6-9-19(10-7-16)28(30)31)20-14-18(8-11-21(20)27-23)24(29)17-4-2-1-3-5-17/h1-11,14-15H,12-13H2,(H,26,27). The monoisotopic (exact) mass is 431 g/mol. The van der Waals surface area contributed by atoms with Crippen LogP contribution in [-0.2, 0) is 6.42 Å². The van der Waals surface area contributed by atoms with Crippen molar-refractivity contribution in [2.45, 2.75) is 6.42 Å². The first-order valence-electron chi connectivity index (χ1n) is 9.68. The molecule has 6 nitrogen and oxygen atoms in total. The van der Waals surface area contributed by atoms with Crippen LogP contribution in [0.1, 0.15) is 21.5 Å². The third-order valence-corrected chi connectivity index (χ3v) is 5.15. The van der Waals surface area contributed by atoms with E-state index in [0.29, 0.717) is 34.8 Å². The van der Waals surface area contributed by atoms with Gasteiger partial charge in [-0.2, -0.15) is 0 Å². The molecular weight excluding hydrogens is 414 g/mol. The summed E-state index contributed by atoms with van der Waals surface area (Å²) in [7, 11) is 0. The van der Waals surface area contributed by atoms with E-state index in [1.165, 1.54) is 12.1 Å². The van der Waals surface area contributed by atoms with Gasteiger partial charge in [0.25, 0.3) is 5.69 Å². The van der Waals surface area contributed by atoms with Gasteiger partial charge in [-0.05, 0) is 36.2 Å². The first-order chi connectivity index (χ1) is 15.0. The smallest absolute Gasteiger partial charge is 0.269 e. The van der Waals surface area contributed by atoms with Crippen molar-refractivity contribution in [3.8, 4) is 0 Å². The van der Waals surface area contributed by atoms with Crippen molar-refractivity contribution < 1.29 is 9.72 Å². The maximum atomic E-state index is 12.8. The number of hydrogen-bond acceptors (Lipinski definition) is 5. The number of aromatic nitrogens is 1. The minimum absolute atomic E-state index is 0.0609. The number of benzene rings is 3. The lowest BCUT2D eigenvalue weighted by Gasteiger charge is -2.12. The van der Waals surface area contributed by atoms with Gasteiger partial charge in [-0.15, -0.1) is 0 Å². The number of carbonyl (C=O) groups is 1. The van der Waals surface area contributed by atoms with Crippen LogP contribution >= 0.6 is 11.6 Å². The minimum atomic E-state index is -0.415. The molecule has 0 aliphatic heterocycles. The van der Waals surface area contributed by atoms with Gasteiger partial charge in [0.15, 0.2) is 5.78 Å². The van der Waals surface area contributed by atoms with Crippen LogP contribution in [0.25, 0.3) is 10.9 Å². The average molecular weight is 432 g/mol. The second-order valence-electron chi connectivity index (χ2n) is 7.02. The Morgan fingerprint density at radius 2 is 1.71 bits per heavy atom. The van der Waals surface area contributed by atoms with Crippen molar-refractivity contribution in [1.29, 1.82) is 0 Å². The SMILES string of the molecule is O=C(c1ccccc1)c1ccc2nc(Cl)cc(NCCc3ccc([N+](=O)[O-])cc3)c2c1. The van der Waals surface area contributed by atoms with Gasteiger partial charge in [-0.25, -0.2) is 4.98 Å². The van der Waals surface area contributed by atoms with Gasteiger partial charge in [0.05, 0.1) is 10.4 Å². The molecule has 1 aromatic heterocycles. The number of hydrogen-bond donors (Lipinski definition) is 1. The van der Waals surface area contributed by atoms with Gasteiger partial charge in [0.1, 0.15) is 5.15 Å². The number of pyridine rings is 1. The average Bonchev–Trinajstić information content (AvgIpc) is 2.79. The third kappa shape index (κ3) is 4.70. The first-order valence-corrected chi connectivity index (χ1v) is 10.1. The summed E-state index contributed by atoms with van der Waals surface area (Å²) < 4.78 is 0. The highest BCUT2D eigenvalue weighted by Gasteiger charge is 2.12. The molecule has 0 aliphatic carbocycles. The van der Waals surface area contributed by atoms with Crippen molar-refractivity contribution in [3.63, 3.8) is 0 Å². The predicted molar refractivity (Wildman–Crippen MR) is 122 cm³/mol. The maximum absolute atomic E-state index is 12.8. The molecule has 0 atom stereocenters. The summed E-state index contributed by atoms with van der Waals surface area (Å²) in [6.07, 6.45) is 0.669. The van der Waals surface area contributed by atoms with E-state index in [4.69, 9.17) is 11.6 Å². The quantitative estimate of drug-likeness (QED) is 0.176. The van der Waals surface area contributed by atoms with Crippen LogP contribution in [-0.4, -0.2) is 22.2 Å². The largest absolute Gasteiger partial charge is 0.384 e. The van der Waals surface area contributed by atoms with Crippen LogP contribution in [0, 0.1) is 10.1 Å². The van der Waals surface area contributed by atoms with Crippen molar-refractivity contribution in [1.82, 2.24) is 4.98 Å². The molecule has 0 amide bonds. The predicted octanol–water partition coefficient (Wildman–Crippen LogP) is 5.68. The van der Waals surface area contributed by atoms with Gasteiger partial charge in [0, 0.05) is 40.9 Å². The number of non-ortho nitro benzene ring substituents is 1. The normalized spacial score (nSPS) is 10.7. The van der Waals surface area contributed by atoms with Gasteiger partial charge in [-0.1, -0.05) is 54.1 Å². The van der Waals surface area contributed by atoms with Gasteiger partial charge in [0.2, 0.25) is 0 Å². The molecule has 0 aliphatic rings. The summed E-state index contributed by atoms with van der Waals surface area (Å²) in [6.45, 7) is 0.587. The van der Waals surface area contributed by atoms with E-state index in [1.807, 2.05) is 24.3 Å². The molecule has 3 aromatic carbocycles. The number of nitrogens with one attached hydrogen (secondary N) is 1. The van der Waals surface area contributed by atoms with E-state index >= 15 is 0 Å². The summed E-state index contributed by atoms with van der Waals surface area (Å²) in [5, 5.41) is 15.3. The summed E-state index contributed by atoms with van der Waals surface area (Å²) in [5.41, 5.74) is 3.70. The Hall–Kier alpha value is -3.77. The van der Waals surface area contributed by atoms with E-state index in [-0.39, 0.29) is 11.5 Å². The molecule has 0 saturated carbocycles. The van der Waals surface area contributed by atoms with Gasteiger partial charge >= 0.3 is 0 Å². The van der Waals surface area contributed by atoms with Crippen LogP contribution in [0.3, 0.4) is 0 Å². The number of ketones is 1. The fourth-order valence-corrected chi connectivity index (χ4v) is 3.56. The highest BCUT2D eigenvalue weighted by molar-refractivity contribution is 6.30. The van der Waals surface area contributed by atoms with E-state index < -0.39 is 4.92 Å². The summed E-state index contributed by atoms with van der Waals surface area (Å²) in [4.78, 5) is 27.5. The Morgan fingerprint density at radius 1 is 0.968 bits per heavy atom. The van der Waals surface area contributed by atoms with E-state index in [2.05, 4.69) is 10.3 Å². The molecule has 31 heavy (non-hydrogen) atoms. The number of nitro groups is 1. The van der Waals surface area contributed by atoms with Crippen LogP contribution in [0.2, 0.25) is 5.15 Å². The van der Waals surface area contributed by atoms with Crippen molar-refractivity contribution >= 4 is 39.7 Å². The Balaban J connectivity index is 1.56. The lowest BCUT2D eigenvalue weighted by Crippen LogP contribution is -2.06. The summed E-state index contributed by atoms with van der Waals surface area (Å²) in [6, 6.07) is 22.7. The van der Waals surface area contributed by atoms with Crippen molar-refractivity contribution in [2.75, 3.05) is 11.9 Å². The highest BCUT2D eigenvalue weighted by atomic mass is 35.5. The Kier molecular flexibility index (Phi) is 5.91. The Labute approximate surface area is 183 Å². The molecule has 0 saturated heterocycles. The molecule has 0 fully saturated rings. The van der Waals surface area contributed by atoms with Crippen LogP contribution < -0.4 is 5.32 Å². The number of fused-ring (bicyclic) bond motifs is 1. The number of halogens is 1. The molecule has 0 radical (unpaired) electrons. The zero-order valence-corrected chi connectivity index (χ0v) is 17.2. The minimum Gasteiger partial charge on any atom is -0.384 e. The number of rotatable bonds is 7. The molecule has 154 valence electrons. The van der Waals surface area contributed by atoms with Gasteiger partial charge < -0.3 is 5.32 Å². The number of nitrogens with zero attached hydrogens (tertiary/aromatic N) is 2. The zero-order valence-electron chi connectivity index (χ0n) is 16.4. The van der Waals surface area contributed by atoms with E-state index in [1.54, 1.807) is 42.5 Å². The third-order valence-electron chi connectivity index (χ3n) is 4.95. The maximum Gasteiger partial charge on any atom is 0.269 e. The Bertz CT molecular complexity index is 1260. The lowest BCUT2D eigenvalue weighted by molar-refractivity contribution is -0.384. The lowest BCUT2D eigenvalue weighted by atomic mass is 10.0. The van der Waals surface area contributed by atoms with Crippen LogP contribution in [0.15, 0.2) is 78.9 Å². The van der Waals surface area contributed by atoms with Crippen molar-refractivity contribution in [3.05, 3.63) is 111 Å². The number of nitro benzene ring substituents is 1. The topological polar surface area (TPSA) is 85.1 Å². The van der Waals surface area contributed by atoms with E-state index in [9.17, 15) is 14.9 Å². The first kappa shape index (κ1) is 20.5. The van der Waals surface area contributed by atoms with Crippen LogP contribution in [0.4, 0.5) is 11.4 Å². The second-order valence-corrected chi connectivity index (χ2v) is 7.41. The van der Waals surface area contributed by atoms with Gasteiger partial charge in [-0.3, -0.25) is 14.9 Å². The summed E-state index contributed by atoms with van der Waals surface area (Å²) in [5.74, 6) is -0.0609. The number of carbonyl (C=O) groups excluding carboxylic acids is 1. The van der Waals surface area contributed by atoms with Crippen LogP contribution in [0.5, 0.6) is 0 Å². The summed E-state index contributed by atoms with van der Waals surface area (Å²) >= 11 is 6.18. The molecular formula is C24H18ClN3O3. The molecule has 4 rings (SSSR count). The zero-order chi connectivity index (χ0) is 21.8. The van der Waals surface area contributed by atoms with Crippen molar-refractivity contribution in [2.24, 2.45) is 0 Å². The molecule has 1 heterocycles. The molecule has 1 N–H and O–H groups in total. The number of anilines is 1. The molecule has 0 spiro atoms.